The molecule has 3 aromatic rings. The quantitative estimate of drug-likeness (QED) is 0.458. The molecule has 0 aliphatic carbocycles. The summed E-state index contributed by atoms with van der Waals surface area (Å²) in [7, 11) is 0. The molecule has 2 heterocycles. The summed E-state index contributed by atoms with van der Waals surface area (Å²) in [6.07, 6.45) is 1.77. The fourth-order valence-corrected chi connectivity index (χ4v) is 3.08. The van der Waals surface area contributed by atoms with E-state index in [2.05, 4.69) is 56.5 Å². The van der Waals surface area contributed by atoms with Gasteiger partial charge in [0.15, 0.2) is 5.96 Å². The van der Waals surface area contributed by atoms with Crippen molar-refractivity contribution >= 4 is 17.3 Å². The number of thiophene rings is 1. The Morgan fingerprint density at radius 3 is 2.67 bits per heavy atom. The Hall–Kier alpha value is -2.86. The lowest BCUT2D eigenvalue weighted by atomic mass is 10.2. The van der Waals surface area contributed by atoms with E-state index >= 15 is 0 Å². The van der Waals surface area contributed by atoms with Crippen LogP contribution in [0, 0.1) is 0 Å². The van der Waals surface area contributed by atoms with Crippen molar-refractivity contribution in [2.75, 3.05) is 6.54 Å². The van der Waals surface area contributed by atoms with Crippen LogP contribution in [-0.4, -0.2) is 17.5 Å². The van der Waals surface area contributed by atoms with Crippen LogP contribution in [0.3, 0.4) is 0 Å². The van der Waals surface area contributed by atoms with E-state index in [1.165, 1.54) is 11.1 Å². The summed E-state index contributed by atoms with van der Waals surface area (Å²) in [5.74, 6) is 1.65. The second kappa shape index (κ2) is 10.3. The Bertz CT molecular complexity index is 817. The number of aromatic nitrogens is 1. The van der Waals surface area contributed by atoms with Crippen molar-refractivity contribution in [3.05, 3.63) is 82.3 Å². The smallest absolute Gasteiger partial charge is 0.191 e. The molecule has 27 heavy (non-hydrogen) atoms. The van der Waals surface area contributed by atoms with Crippen LogP contribution in [-0.2, 0) is 19.7 Å². The summed E-state index contributed by atoms with van der Waals surface area (Å²) in [6.45, 7) is 4.75. The second-order valence-corrected chi connectivity index (χ2v) is 6.71. The Kier molecular flexibility index (Phi) is 7.24. The molecule has 2 aromatic heterocycles. The maximum Gasteiger partial charge on any atom is 0.191 e. The minimum atomic E-state index is 0.470. The van der Waals surface area contributed by atoms with Gasteiger partial charge in [-0.05, 0) is 59.1 Å². The number of guanidine groups is 1. The van der Waals surface area contributed by atoms with Gasteiger partial charge in [-0.15, -0.1) is 0 Å². The summed E-state index contributed by atoms with van der Waals surface area (Å²) >= 11 is 1.69. The van der Waals surface area contributed by atoms with Gasteiger partial charge in [-0.25, -0.2) is 4.99 Å². The Morgan fingerprint density at radius 1 is 1.07 bits per heavy atom. The number of hydrogen-bond donors (Lipinski definition) is 2. The molecule has 0 saturated carbocycles. The van der Waals surface area contributed by atoms with Crippen molar-refractivity contribution in [1.82, 2.24) is 15.6 Å². The average molecular weight is 381 g/mol. The molecule has 0 fully saturated rings. The van der Waals surface area contributed by atoms with Crippen molar-refractivity contribution < 1.29 is 4.74 Å². The van der Waals surface area contributed by atoms with Gasteiger partial charge >= 0.3 is 0 Å². The molecule has 0 amide bonds. The fourth-order valence-electron chi connectivity index (χ4n) is 2.42. The van der Waals surface area contributed by atoms with Crippen LogP contribution in [0.4, 0.5) is 0 Å². The zero-order chi connectivity index (χ0) is 18.7. The number of benzene rings is 1. The number of aliphatic imine (C=N–C) groups is 1. The van der Waals surface area contributed by atoms with Crippen LogP contribution in [0.1, 0.15) is 23.7 Å². The van der Waals surface area contributed by atoms with Crippen LogP contribution < -0.4 is 15.4 Å². The summed E-state index contributed by atoms with van der Waals surface area (Å²) in [5.41, 5.74) is 3.31. The van der Waals surface area contributed by atoms with Gasteiger partial charge in [-0.1, -0.05) is 18.2 Å². The van der Waals surface area contributed by atoms with E-state index in [4.69, 9.17) is 4.74 Å². The molecule has 0 aliphatic heterocycles. The highest BCUT2D eigenvalue weighted by Gasteiger charge is 2.01. The molecule has 0 unspecified atom stereocenters. The Balaban J connectivity index is 1.49. The van der Waals surface area contributed by atoms with Crippen LogP contribution in [0.5, 0.6) is 5.75 Å². The summed E-state index contributed by atoms with van der Waals surface area (Å²) in [6, 6.07) is 16.0. The first-order chi connectivity index (χ1) is 13.3. The van der Waals surface area contributed by atoms with E-state index in [1.54, 1.807) is 17.5 Å². The normalized spacial score (nSPS) is 11.2. The number of ether oxygens (including phenoxy) is 1. The van der Waals surface area contributed by atoms with Gasteiger partial charge in [0.1, 0.15) is 12.4 Å². The second-order valence-electron chi connectivity index (χ2n) is 5.93. The highest BCUT2D eigenvalue weighted by molar-refractivity contribution is 7.07. The Morgan fingerprint density at radius 2 is 1.96 bits per heavy atom. The fraction of sp³-hybridized carbons (Fsp3) is 0.238. The topological polar surface area (TPSA) is 58.5 Å². The van der Waals surface area contributed by atoms with E-state index < -0.39 is 0 Å². The van der Waals surface area contributed by atoms with E-state index in [9.17, 15) is 0 Å². The molecule has 0 atom stereocenters. The predicted octanol–water partition coefficient (Wildman–Crippen LogP) is 3.98. The van der Waals surface area contributed by atoms with Crippen molar-refractivity contribution in [2.24, 2.45) is 4.99 Å². The van der Waals surface area contributed by atoms with Crippen LogP contribution in [0.15, 0.2) is 70.5 Å². The van der Waals surface area contributed by atoms with Crippen molar-refractivity contribution in [2.45, 2.75) is 26.6 Å². The lowest BCUT2D eigenvalue weighted by Crippen LogP contribution is -2.36. The van der Waals surface area contributed by atoms with Crippen molar-refractivity contribution in [1.29, 1.82) is 0 Å². The van der Waals surface area contributed by atoms with Gasteiger partial charge in [0, 0.05) is 19.3 Å². The highest BCUT2D eigenvalue weighted by Crippen LogP contribution is 2.13. The highest BCUT2D eigenvalue weighted by atomic mass is 32.1. The maximum atomic E-state index is 5.77. The minimum Gasteiger partial charge on any atom is -0.487 e. The first-order valence-corrected chi connectivity index (χ1v) is 9.92. The standard InChI is InChI=1S/C21H24N4OS/c1-2-22-21(25-14-18-10-12-27-16-18)24-13-17-6-8-20(9-7-17)26-15-19-5-3-4-11-23-19/h3-12,16H,2,13-15H2,1H3,(H2,22,24,25). The molecule has 0 radical (unpaired) electrons. The number of nitrogens with zero attached hydrogens (tertiary/aromatic N) is 2. The largest absolute Gasteiger partial charge is 0.487 e. The first kappa shape index (κ1) is 18.9. The lowest BCUT2D eigenvalue weighted by molar-refractivity contribution is 0.301. The SMILES string of the molecule is CCNC(=NCc1ccsc1)NCc1ccc(OCc2ccccn2)cc1. The molecule has 5 nitrogen and oxygen atoms in total. The van der Waals surface area contributed by atoms with Gasteiger partial charge in [-0.3, -0.25) is 4.98 Å². The van der Waals surface area contributed by atoms with Crippen LogP contribution >= 0.6 is 11.3 Å². The zero-order valence-corrected chi connectivity index (χ0v) is 16.2. The maximum absolute atomic E-state index is 5.77. The molecule has 3 rings (SSSR count). The minimum absolute atomic E-state index is 0.470. The van der Waals surface area contributed by atoms with Crippen LogP contribution in [0.2, 0.25) is 0 Å². The third-order valence-corrected chi connectivity index (χ3v) is 4.57. The lowest BCUT2D eigenvalue weighted by Gasteiger charge is -2.12. The molecule has 140 valence electrons. The van der Waals surface area contributed by atoms with Crippen molar-refractivity contribution in [3.8, 4) is 5.75 Å². The Labute approximate surface area is 164 Å². The van der Waals surface area contributed by atoms with E-state index in [0.717, 1.165) is 23.9 Å². The average Bonchev–Trinajstić information content (AvgIpc) is 3.24. The molecular weight excluding hydrogens is 356 g/mol. The van der Waals surface area contributed by atoms with E-state index in [0.29, 0.717) is 19.7 Å². The summed E-state index contributed by atoms with van der Waals surface area (Å²) < 4.78 is 5.77. The zero-order valence-electron chi connectivity index (χ0n) is 15.4. The number of hydrogen-bond acceptors (Lipinski definition) is 4. The number of nitrogens with one attached hydrogen (secondary N) is 2. The molecule has 0 bridgehead atoms. The molecule has 0 aliphatic rings. The van der Waals surface area contributed by atoms with Crippen molar-refractivity contribution in [3.63, 3.8) is 0 Å². The number of rotatable bonds is 8. The molecule has 1 aromatic carbocycles. The first-order valence-electron chi connectivity index (χ1n) is 8.98. The number of pyridine rings is 1. The molecule has 6 heteroatoms. The summed E-state index contributed by atoms with van der Waals surface area (Å²) in [5, 5.41) is 10.8. The molecule has 0 saturated heterocycles. The molecular formula is C21H24N4OS. The van der Waals surface area contributed by atoms with Gasteiger partial charge in [0.2, 0.25) is 0 Å². The molecule has 2 N–H and O–H groups in total. The van der Waals surface area contributed by atoms with E-state index in [1.807, 2.05) is 30.3 Å². The third-order valence-electron chi connectivity index (χ3n) is 3.84. The van der Waals surface area contributed by atoms with E-state index in [-0.39, 0.29) is 0 Å². The third kappa shape index (κ3) is 6.42. The van der Waals surface area contributed by atoms with Crippen LogP contribution in [0.25, 0.3) is 0 Å². The molecule has 0 spiro atoms. The summed E-state index contributed by atoms with van der Waals surface area (Å²) in [4.78, 5) is 8.88. The van der Waals surface area contributed by atoms with Gasteiger partial charge in [0.25, 0.3) is 0 Å². The van der Waals surface area contributed by atoms with Gasteiger partial charge in [-0.2, -0.15) is 11.3 Å². The monoisotopic (exact) mass is 380 g/mol. The van der Waals surface area contributed by atoms with Gasteiger partial charge < -0.3 is 15.4 Å². The van der Waals surface area contributed by atoms with Gasteiger partial charge in [0.05, 0.1) is 12.2 Å². The predicted molar refractivity (Wildman–Crippen MR) is 111 cm³/mol.